The van der Waals surface area contributed by atoms with Crippen molar-refractivity contribution in [2.75, 3.05) is 5.43 Å². The summed E-state index contributed by atoms with van der Waals surface area (Å²) in [6.07, 6.45) is 0. The third-order valence-electron chi connectivity index (χ3n) is 2.68. The Kier molecular flexibility index (Phi) is 1.86. The summed E-state index contributed by atoms with van der Waals surface area (Å²) in [5, 5.41) is 4.90. The van der Waals surface area contributed by atoms with Crippen molar-refractivity contribution >= 4 is 27.5 Å². The number of aromatic amines is 1. The standard InChI is InChI=1S/C12H9N3O/c16-15-14-8-5-6-12-10(7-8)9-3-1-2-4-11(9)13-12/h1-7,13H,(H,14,16). The molecule has 0 aliphatic carbocycles. The number of nitroso groups, excluding NO2 is 1. The fourth-order valence-corrected chi connectivity index (χ4v) is 1.97. The predicted octanol–water partition coefficient (Wildman–Crippen LogP) is 3.41. The van der Waals surface area contributed by atoms with Crippen molar-refractivity contribution in [3.05, 3.63) is 47.4 Å². The van der Waals surface area contributed by atoms with E-state index in [0.29, 0.717) is 5.69 Å². The van der Waals surface area contributed by atoms with E-state index in [1.54, 1.807) is 0 Å². The van der Waals surface area contributed by atoms with E-state index in [2.05, 4.69) is 15.7 Å². The van der Waals surface area contributed by atoms with Gasteiger partial charge in [-0.25, -0.2) is 5.43 Å². The second kappa shape index (κ2) is 3.34. The van der Waals surface area contributed by atoms with Gasteiger partial charge in [-0.3, -0.25) is 0 Å². The molecule has 0 bridgehead atoms. The number of hydrogen-bond donors (Lipinski definition) is 2. The fraction of sp³-hybridized carbons (Fsp3) is 0. The Morgan fingerprint density at radius 2 is 1.81 bits per heavy atom. The van der Waals surface area contributed by atoms with Crippen LogP contribution in [0.1, 0.15) is 0 Å². The third kappa shape index (κ3) is 1.24. The number of nitrogens with one attached hydrogen (secondary N) is 2. The maximum absolute atomic E-state index is 10.1. The predicted molar refractivity (Wildman–Crippen MR) is 65.2 cm³/mol. The zero-order valence-corrected chi connectivity index (χ0v) is 8.40. The van der Waals surface area contributed by atoms with E-state index in [-0.39, 0.29) is 0 Å². The van der Waals surface area contributed by atoms with E-state index < -0.39 is 0 Å². The van der Waals surface area contributed by atoms with Gasteiger partial charge in [0.15, 0.2) is 0 Å². The highest BCUT2D eigenvalue weighted by molar-refractivity contribution is 6.08. The Morgan fingerprint density at radius 1 is 1.00 bits per heavy atom. The summed E-state index contributed by atoms with van der Waals surface area (Å²) in [5.74, 6) is 0. The van der Waals surface area contributed by atoms with E-state index >= 15 is 0 Å². The van der Waals surface area contributed by atoms with Gasteiger partial charge >= 0.3 is 0 Å². The molecule has 0 aliphatic heterocycles. The number of para-hydroxylation sites is 1. The van der Waals surface area contributed by atoms with Crippen molar-refractivity contribution in [2.45, 2.75) is 0 Å². The summed E-state index contributed by atoms with van der Waals surface area (Å²) in [6.45, 7) is 0. The van der Waals surface area contributed by atoms with Crippen LogP contribution in [0.25, 0.3) is 21.8 Å². The Morgan fingerprint density at radius 3 is 2.69 bits per heavy atom. The lowest BCUT2D eigenvalue weighted by Gasteiger charge is -1.96. The van der Waals surface area contributed by atoms with Crippen molar-refractivity contribution in [1.29, 1.82) is 0 Å². The minimum atomic E-state index is 0.701. The minimum absolute atomic E-state index is 0.701. The van der Waals surface area contributed by atoms with Gasteiger partial charge in [0, 0.05) is 21.8 Å². The topological polar surface area (TPSA) is 57.2 Å². The average molecular weight is 211 g/mol. The first kappa shape index (κ1) is 8.91. The normalized spacial score (nSPS) is 10.8. The summed E-state index contributed by atoms with van der Waals surface area (Å²) in [4.78, 5) is 13.5. The highest BCUT2D eigenvalue weighted by Gasteiger charge is 2.03. The molecule has 0 aliphatic rings. The van der Waals surface area contributed by atoms with Crippen molar-refractivity contribution in [3.8, 4) is 0 Å². The quantitative estimate of drug-likeness (QED) is 0.504. The number of nitrogens with zero attached hydrogens (tertiary/aromatic N) is 1. The first-order chi connectivity index (χ1) is 7.88. The zero-order chi connectivity index (χ0) is 11.0. The number of rotatable bonds is 2. The lowest BCUT2D eigenvalue weighted by atomic mass is 10.1. The van der Waals surface area contributed by atoms with Crippen LogP contribution in [0.15, 0.2) is 47.8 Å². The smallest absolute Gasteiger partial charge is 0.0601 e. The van der Waals surface area contributed by atoms with Crippen LogP contribution >= 0.6 is 0 Å². The number of H-pyrrole nitrogens is 1. The van der Waals surface area contributed by atoms with Crippen LogP contribution in [0.3, 0.4) is 0 Å². The number of anilines is 1. The molecule has 2 N–H and O–H groups in total. The van der Waals surface area contributed by atoms with Gasteiger partial charge in [-0.15, -0.1) is 4.91 Å². The van der Waals surface area contributed by atoms with Crippen LogP contribution < -0.4 is 5.43 Å². The second-order valence-corrected chi connectivity index (χ2v) is 3.63. The lowest BCUT2D eigenvalue weighted by molar-refractivity contribution is 1.32. The molecule has 0 unspecified atom stereocenters. The lowest BCUT2D eigenvalue weighted by Crippen LogP contribution is -1.84. The fourth-order valence-electron chi connectivity index (χ4n) is 1.97. The van der Waals surface area contributed by atoms with Gasteiger partial charge in [-0.2, -0.15) is 0 Å². The average Bonchev–Trinajstić information content (AvgIpc) is 2.68. The highest BCUT2D eigenvalue weighted by Crippen LogP contribution is 2.27. The summed E-state index contributed by atoms with van der Waals surface area (Å²) < 4.78 is 0. The van der Waals surface area contributed by atoms with Crippen molar-refractivity contribution in [3.63, 3.8) is 0 Å². The first-order valence-electron chi connectivity index (χ1n) is 4.97. The molecule has 0 amide bonds. The van der Waals surface area contributed by atoms with Crippen LogP contribution in [0.5, 0.6) is 0 Å². The van der Waals surface area contributed by atoms with Gasteiger partial charge < -0.3 is 4.98 Å². The molecule has 2 aromatic carbocycles. The van der Waals surface area contributed by atoms with Gasteiger partial charge in [-0.05, 0) is 24.3 Å². The van der Waals surface area contributed by atoms with Crippen molar-refractivity contribution in [1.82, 2.24) is 4.98 Å². The van der Waals surface area contributed by atoms with E-state index in [1.165, 1.54) is 0 Å². The maximum Gasteiger partial charge on any atom is 0.0601 e. The molecule has 4 heteroatoms. The molecule has 4 nitrogen and oxygen atoms in total. The minimum Gasteiger partial charge on any atom is -0.355 e. The van der Waals surface area contributed by atoms with Crippen LogP contribution in [0, 0.1) is 4.91 Å². The summed E-state index contributed by atoms with van der Waals surface area (Å²) in [5.41, 5.74) is 5.26. The number of fused-ring (bicyclic) bond motifs is 3. The molecule has 0 atom stereocenters. The third-order valence-corrected chi connectivity index (χ3v) is 2.68. The van der Waals surface area contributed by atoms with Crippen molar-refractivity contribution < 1.29 is 0 Å². The highest BCUT2D eigenvalue weighted by atomic mass is 16.3. The molecule has 3 rings (SSSR count). The van der Waals surface area contributed by atoms with Crippen LogP contribution in [0.2, 0.25) is 0 Å². The van der Waals surface area contributed by atoms with Gasteiger partial charge in [0.1, 0.15) is 0 Å². The molecular weight excluding hydrogens is 202 g/mol. The van der Waals surface area contributed by atoms with Crippen molar-refractivity contribution in [2.24, 2.45) is 5.29 Å². The molecule has 3 aromatic rings. The summed E-state index contributed by atoms with van der Waals surface area (Å²) in [6, 6.07) is 13.7. The van der Waals surface area contributed by atoms with Gasteiger partial charge in [0.05, 0.1) is 11.0 Å². The molecule has 0 radical (unpaired) electrons. The largest absolute Gasteiger partial charge is 0.355 e. The van der Waals surface area contributed by atoms with Gasteiger partial charge in [0.25, 0.3) is 0 Å². The van der Waals surface area contributed by atoms with E-state index in [9.17, 15) is 4.91 Å². The first-order valence-corrected chi connectivity index (χ1v) is 4.97. The summed E-state index contributed by atoms with van der Waals surface area (Å²) >= 11 is 0. The zero-order valence-electron chi connectivity index (χ0n) is 8.40. The Labute approximate surface area is 91.2 Å². The van der Waals surface area contributed by atoms with E-state index in [4.69, 9.17) is 0 Å². The molecule has 0 fully saturated rings. The van der Waals surface area contributed by atoms with Crippen LogP contribution in [-0.4, -0.2) is 4.98 Å². The van der Waals surface area contributed by atoms with Crippen LogP contribution in [-0.2, 0) is 0 Å². The van der Waals surface area contributed by atoms with E-state index in [0.717, 1.165) is 21.8 Å². The van der Waals surface area contributed by atoms with Crippen LogP contribution in [0.4, 0.5) is 5.69 Å². The molecule has 0 spiro atoms. The molecular formula is C12H9N3O. The SMILES string of the molecule is O=NNc1ccc2[nH]c3ccccc3c2c1. The molecule has 1 heterocycles. The monoisotopic (exact) mass is 211 g/mol. The Bertz CT molecular complexity index is 672. The number of hydrogen-bond acceptors (Lipinski definition) is 2. The molecule has 0 saturated carbocycles. The van der Waals surface area contributed by atoms with E-state index in [1.807, 2.05) is 42.5 Å². The molecule has 1 aromatic heterocycles. The number of aromatic nitrogens is 1. The van der Waals surface area contributed by atoms with Gasteiger partial charge in [-0.1, -0.05) is 18.2 Å². The molecule has 0 saturated heterocycles. The Balaban J connectivity index is 2.35. The molecule has 16 heavy (non-hydrogen) atoms. The van der Waals surface area contributed by atoms with Gasteiger partial charge in [0.2, 0.25) is 0 Å². The Hall–Kier alpha value is -2.36. The molecule has 78 valence electrons. The number of benzene rings is 2. The summed E-state index contributed by atoms with van der Waals surface area (Å²) in [7, 11) is 0. The maximum atomic E-state index is 10.1. The second-order valence-electron chi connectivity index (χ2n) is 3.63.